The summed E-state index contributed by atoms with van der Waals surface area (Å²) in [6.45, 7) is 3.50. The molecule has 8 heteroatoms. The number of para-hydroxylation sites is 1. The van der Waals surface area contributed by atoms with Crippen LogP contribution in [-0.2, 0) is 6.54 Å². The van der Waals surface area contributed by atoms with Gasteiger partial charge in [0.15, 0.2) is 0 Å². The summed E-state index contributed by atoms with van der Waals surface area (Å²) in [5.41, 5.74) is 7.49. The van der Waals surface area contributed by atoms with E-state index < -0.39 is 5.82 Å². The minimum atomic E-state index is -0.419. The molecule has 3 heterocycles. The largest absolute Gasteiger partial charge is 0.368 e. The molecule has 0 saturated carbocycles. The zero-order valence-electron chi connectivity index (χ0n) is 13.9. The Morgan fingerprint density at radius 1 is 1.40 bits per heavy atom. The molecule has 1 atom stereocenters. The number of rotatable bonds is 2. The van der Waals surface area contributed by atoms with Crippen molar-refractivity contribution < 1.29 is 9.18 Å². The van der Waals surface area contributed by atoms with Crippen molar-refractivity contribution in [2.75, 3.05) is 28.6 Å². The highest BCUT2D eigenvalue weighted by atomic mass is 19.1. The molecule has 1 aromatic heterocycles. The normalized spacial score (nSPS) is 20.1. The molecule has 0 radical (unpaired) electrons. The molecular weight excluding hydrogens is 323 g/mol. The Morgan fingerprint density at radius 3 is 2.96 bits per heavy atom. The number of nitrogens with zero attached hydrogens (tertiary/aromatic N) is 4. The monoisotopic (exact) mass is 342 g/mol. The van der Waals surface area contributed by atoms with Crippen LogP contribution in [0.2, 0.25) is 0 Å². The van der Waals surface area contributed by atoms with Crippen LogP contribution >= 0.6 is 0 Å². The number of amides is 2. The van der Waals surface area contributed by atoms with Crippen molar-refractivity contribution in [3.05, 3.63) is 41.3 Å². The number of urea groups is 1. The number of benzene rings is 1. The summed E-state index contributed by atoms with van der Waals surface area (Å²) < 4.78 is 14.5. The third kappa shape index (κ3) is 2.58. The third-order valence-electron chi connectivity index (χ3n) is 4.71. The Hall–Kier alpha value is -2.74. The molecule has 3 N–H and O–H groups in total. The first-order valence-electron chi connectivity index (χ1n) is 8.24. The lowest BCUT2D eigenvalue weighted by molar-refractivity contribution is 0.247. The van der Waals surface area contributed by atoms with Crippen LogP contribution in [0.4, 0.5) is 26.6 Å². The van der Waals surface area contributed by atoms with E-state index in [2.05, 4.69) is 15.3 Å². The first-order valence-corrected chi connectivity index (χ1v) is 8.24. The fourth-order valence-corrected chi connectivity index (χ4v) is 3.52. The van der Waals surface area contributed by atoms with E-state index >= 15 is 0 Å². The second-order valence-electron chi connectivity index (χ2n) is 6.37. The minimum absolute atomic E-state index is 0.0459. The van der Waals surface area contributed by atoms with Crippen molar-refractivity contribution in [1.29, 1.82) is 0 Å². The lowest BCUT2D eigenvalue weighted by Gasteiger charge is -2.39. The molecule has 0 spiro atoms. The first kappa shape index (κ1) is 15.8. The number of hydrogen-bond donors (Lipinski definition) is 2. The molecule has 1 saturated heterocycles. The van der Waals surface area contributed by atoms with Crippen LogP contribution in [0.5, 0.6) is 0 Å². The Labute approximate surface area is 144 Å². The number of nitrogens with two attached hydrogens (primary N) is 1. The quantitative estimate of drug-likeness (QED) is 0.869. The van der Waals surface area contributed by atoms with Gasteiger partial charge in [-0.15, -0.1) is 0 Å². The molecule has 0 bridgehead atoms. The van der Waals surface area contributed by atoms with E-state index in [0.29, 0.717) is 23.6 Å². The van der Waals surface area contributed by atoms with Gasteiger partial charge in [0.25, 0.3) is 0 Å². The van der Waals surface area contributed by atoms with Crippen molar-refractivity contribution >= 4 is 23.5 Å². The number of anilines is 3. The molecule has 2 aliphatic rings. The van der Waals surface area contributed by atoms with Crippen LogP contribution in [0.25, 0.3) is 0 Å². The zero-order valence-corrected chi connectivity index (χ0v) is 13.9. The molecule has 4 rings (SSSR count). The van der Waals surface area contributed by atoms with Gasteiger partial charge in [-0.05, 0) is 31.5 Å². The SMILES string of the molecule is Cc1cccc(F)c1N1Cc2cnc(N)nc2N([C@H]2CCNC2)C1=O. The van der Waals surface area contributed by atoms with E-state index in [1.54, 1.807) is 30.2 Å². The van der Waals surface area contributed by atoms with Crippen LogP contribution in [0.15, 0.2) is 24.4 Å². The molecule has 7 nitrogen and oxygen atoms in total. The van der Waals surface area contributed by atoms with Gasteiger partial charge >= 0.3 is 6.03 Å². The van der Waals surface area contributed by atoms with E-state index in [1.807, 2.05) is 0 Å². The van der Waals surface area contributed by atoms with E-state index in [-0.39, 0.29) is 24.6 Å². The standard InChI is InChI=1S/C17H19FN6O/c1-10-3-2-4-13(18)14(10)23-9-11-7-21-16(19)22-15(11)24(17(23)25)12-5-6-20-8-12/h2-4,7,12,20H,5-6,8-9H2,1H3,(H2,19,21,22)/t12-/m0/s1. The Bertz CT molecular complexity index is 816. The number of hydrogen-bond acceptors (Lipinski definition) is 5. The average Bonchev–Trinajstić information content (AvgIpc) is 3.09. The number of nitrogen functional groups attached to an aromatic ring is 1. The molecule has 1 aromatic carbocycles. The molecule has 0 aliphatic carbocycles. The second kappa shape index (κ2) is 5.96. The first-order chi connectivity index (χ1) is 12.1. The van der Waals surface area contributed by atoms with E-state index in [1.165, 1.54) is 11.0 Å². The summed E-state index contributed by atoms with van der Waals surface area (Å²) in [7, 11) is 0. The number of carbonyl (C=O) groups excluding carboxylic acids is 1. The highest BCUT2D eigenvalue weighted by Crippen LogP contribution is 2.35. The Morgan fingerprint density at radius 2 is 2.24 bits per heavy atom. The molecule has 2 aromatic rings. The highest BCUT2D eigenvalue weighted by molar-refractivity contribution is 6.06. The van der Waals surface area contributed by atoms with Gasteiger partial charge in [-0.25, -0.2) is 14.2 Å². The van der Waals surface area contributed by atoms with Gasteiger partial charge in [-0.1, -0.05) is 12.1 Å². The Kier molecular flexibility index (Phi) is 3.76. The van der Waals surface area contributed by atoms with E-state index in [4.69, 9.17) is 5.73 Å². The molecule has 130 valence electrons. The second-order valence-corrected chi connectivity index (χ2v) is 6.37. The summed E-state index contributed by atoms with van der Waals surface area (Å²) in [5.74, 6) is 0.229. The van der Waals surface area contributed by atoms with Gasteiger partial charge < -0.3 is 11.1 Å². The molecule has 2 amide bonds. The minimum Gasteiger partial charge on any atom is -0.368 e. The lowest BCUT2D eigenvalue weighted by Crippen LogP contribution is -2.53. The topological polar surface area (TPSA) is 87.4 Å². The van der Waals surface area contributed by atoms with Gasteiger partial charge in [0.2, 0.25) is 5.95 Å². The lowest BCUT2D eigenvalue weighted by atomic mass is 10.1. The maximum atomic E-state index is 14.5. The fourth-order valence-electron chi connectivity index (χ4n) is 3.52. The van der Waals surface area contributed by atoms with E-state index in [9.17, 15) is 9.18 Å². The average molecular weight is 342 g/mol. The summed E-state index contributed by atoms with van der Waals surface area (Å²) in [6, 6.07) is 4.47. The number of fused-ring (bicyclic) bond motifs is 1. The van der Waals surface area contributed by atoms with Gasteiger partial charge in [0.1, 0.15) is 11.6 Å². The summed E-state index contributed by atoms with van der Waals surface area (Å²) >= 11 is 0. The van der Waals surface area contributed by atoms with Crippen molar-refractivity contribution in [3.63, 3.8) is 0 Å². The molecule has 1 fully saturated rings. The smallest absolute Gasteiger partial charge is 0.330 e. The van der Waals surface area contributed by atoms with Crippen LogP contribution in [-0.4, -0.2) is 35.1 Å². The van der Waals surface area contributed by atoms with Crippen LogP contribution < -0.4 is 20.9 Å². The maximum absolute atomic E-state index is 14.5. The predicted molar refractivity (Wildman–Crippen MR) is 92.9 cm³/mol. The van der Waals surface area contributed by atoms with Gasteiger partial charge in [0, 0.05) is 18.3 Å². The third-order valence-corrected chi connectivity index (χ3v) is 4.71. The molecular formula is C17H19FN6O. The summed E-state index contributed by atoms with van der Waals surface area (Å²) in [4.78, 5) is 24.7. The summed E-state index contributed by atoms with van der Waals surface area (Å²) in [5, 5.41) is 3.25. The number of carbonyl (C=O) groups is 1. The predicted octanol–water partition coefficient (Wildman–Crippen LogP) is 1.81. The van der Waals surface area contributed by atoms with Crippen LogP contribution in [0, 0.1) is 12.7 Å². The molecule has 0 unspecified atom stereocenters. The van der Waals surface area contributed by atoms with E-state index in [0.717, 1.165) is 18.5 Å². The number of aryl methyl sites for hydroxylation is 1. The molecule has 25 heavy (non-hydrogen) atoms. The number of aromatic nitrogens is 2. The van der Waals surface area contributed by atoms with Crippen molar-refractivity contribution in [2.45, 2.75) is 25.9 Å². The van der Waals surface area contributed by atoms with Crippen LogP contribution in [0.1, 0.15) is 17.5 Å². The Balaban J connectivity index is 1.84. The van der Waals surface area contributed by atoms with Gasteiger partial charge in [-0.2, -0.15) is 4.98 Å². The van der Waals surface area contributed by atoms with Crippen molar-refractivity contribution in [3.8, 4) is 0 Å². The van der Waals surface area contributed by atoms with Gasteiger partial charge in [-0.3, -0.25) is 9.80 Å². The number of halogens is 1. The summed E-state index contributed by atoms with van der Waals surface area (Å²) in [6.07, 6.45) is 2.42. The van der Waals surface area contributed by atoms with Crippen molar-refractivity contribution in [1.82, 2.24) is 15.3 Å². The highest BCUT2D eigenvalue weighted by Gasteiger charge is 2.39. The van der Waals surface area contributed by atoms with Gasteiger partial charge in [0.05, 0.1) is 18.3 Å². The zero-order chi connectivity index (χ0) is 17.6. The maximum Gasteiger partial charge on any atom is 0.330 e. The van der Waals surface area contributed by atoms with Crippen molar-refractivity contribution in [2.24, 2.45) is 0 Å². The van der Waals surface area contributed by atoms with Crippen LogP contribution in [0.3, 0.4) is 0 Å². The fraction of sp³-hybridized carbons (Fsp3) is 0.353. The molecule has 2 aliphatic heterocycles. The number of nitrogens with one attached hydrogen (secondary N) is 1.